The van der Waals surface area contributed by atoms with Crippen LogP contribution in [0.1, 0.15) is 26.3 Å². The molecule has 2 rings (SSSR count). The first-order valence-electron chi connectivity index (χ1n) is 6.25. The van der Waals surface area contributed by atoms with Gasteiger partial charge in [0.1, 0.15) is 0 Å². The van der Waals surface area contributed by atoms with Crippen molar-refractivity contribution in [3.8, 4) is 0 Å². The molecule has 2 heteroatoms. The van der Waals surface area contributed by atoms with E-state index in [1.165, 1.54) is 16.5 Å². The first kappa shape index (κ1) is 12.2. The van der Waals surface area contributed by atoms with Crippen molar-refractivity contribution in [1.29, 1.82) is 0 Å². The third kappa shape index (κ3) is 2.70. The first-order chi connectivity index (χ1) is 7.98. The van der Waals surface area contributed by atoms with Gasteiger partial charge in [-0.1, -0.05) is 18.2 Å². The number of aromatic nitrogens is 1. The highest BCUT2D eigenvalue weighted by Gasteiger charge is 2.16. The lowest BCUT2D eigenvalue weighted by molar-refractivity contribution is 0.178. The van der Waals surface area contributed by atoms with Crippen LogP contribution in [0.5, 0.6) is 0 Å². The highest BCUT2D eigenvalue weighted by Crippen LogP contribution is 2.19. The van der Waals surface area contributed by atoms with Gasteiger partial charge >= 0.3 is 0 Å². The van der Waals surface area contributed by atoms with E-state index < -0.39 is 0 Å². The van der Waals surface area contributed by atoms with Crippen LogP contribution >= 0.6 is 0 Å². The molecule has 0 radical (unpaired) electrons. The van der Waals surface area contributed by atoms with E-state index in [0.717, 1.165) is 13.0 Å². The molecule has 0 bridgehead atoms. The fourth-order valence-corrected chi connectivity index (χ4v) is 1.96. The number of H-pyrrole nitrogens is 1. The Bertz CT molecular complexity index is 491. The molecule has 1 aromatic carbocycles. The Morgan fingerprint density at radius 1 is 1.18 bits per heavy atom. The highest BCUT2D eigenvalue weighted by atomic mass is 15.1. The van der Waals surface area contributed by atoms with Crippen LogP contribution in [0.25, 0.3) is 10.9 Å². The Hall–Kier alpha value is -1.28. The Labute approximate surface area is 104 Å². The molecule has 1 aromatic heterocycles. The topological polar surface area (TPSA) is 19.0 Å². The van der Waals surface area contributed by atoms with Gasteiger partial charge in [0.15, 0.2) is 0 Å². The van der Waals surface area contributed by atoms with Crippen molar-refractivity contribution < 1.29 is 0 Å². The Balaban J connectivity index is 2.09. The summed E-state index contributed by atoms with van der Waals surface area (Å²) in [4.78, 5) is 5.73. The van der Waals surface area contributed by atoms with Crippen LogP contribution in [-0.2, 0) is 6.42 Å². The number of hydrogen-bond donors (Lipinski definition) is 1. The average molecular weight is 230 g/mol. The third-order valence-corrected chi connectivity index (χ3v) is 3.54. The molecule has 1 heterocycles. The average Bonchev–Trinajstić information content (AvgIpc) is 2.68. The monoisotopic (exact) mass is 230 g/mol. The normalized spacial score (nSPS) is 12.5. The number of nitrogens with one attached hydrogen (secondary N) is 1. The molecule has 1 N–H and O–H groups in total. The zero-order valence-corrected chi connectivity index (χ0v) is 11.2. The molecule has 0 unspecified atom stereocenters. The van der Waals surface area contributed by atoms with Crippen molar-refractivity contribution in [1.82, 2.24) is 9.88 Å². The molecular weight excluding hydrogens is 208 g/mol. The Morgan fingerprint density at radius 3 is 2.59 bits per heavy atom. The van der Waals surface area contributed by atoms with Gasteiger partial charge in [-0.2, -0.15) is 0 Å². The molecule has 0 fully saturated rings. The molecule has 0 saturated heterocycles. The molecule has 0 spiro atoms. The molecular formula is C15H22N2. The predicted octanol–water partition coefficient (Wildman–Crippen LogP) is 3.44. The lowest BCUT2D eigenvalue weighted by Gasteiger charge is -2.31. The van der Waals surface area contributed by atoms with Crippen molar-refractivity contribution in [2.45, 2.75) is 32.7 Å². The van der Waals surface area contributed by atoms with Gasteiger partial charge in [0.2, 0.25) is 0 Å². The fraction of sp³-hybridized carbons (Fsp3) is 0.467. The minimum Gasteiger partial charge on any atom is -0.361 e. The number of hydrogen-bond acceptors (Lipinski definition) is 1. The lowest BCUT2D eigenvalue weighted by Crippen LogP contribution is -2.39. The summed E-state index contributed by atoms with van der Waals surface area (Å²) in [6.07, 6.45) is 3.24. The van der Waals surface area contributed by atoms with Gasteiger partial charge in [0.25, 0.3) is 0 Å². The maximum atomic E-state index is 3.33. The second-order valence-electron chi connectivity index (χ2n) is 5.70. The van der Waals surface area contributed by atoms with Gasteiger partial charge in [-0.25, -0.2) is 0 Å². The summed E-state index contributed by atoms with van der Waals surface area (Å²) in [6, 6.07) is 8.50. The number of nitrogens with zero attached hydrogens (tertiary/aromatic N) is 1. The molecule has 0 aliphatic carbocycles. The van der Waals surface area contributed by atoms with Gasteiger partial charge < -0.3 is 9.88 Å². The summed E-state index contributed by atoms with van der Waals surface area (Å²) >= 11 is 0. The molecule has 0 aliphatic rings. The molecule has 0 amide bonds. The second kappa shape index (κ2) is 4.53. The van der Waals surface area contributed by atoms with E-state index in [0.29, 0.717) is 0 Å². The second-order valence-corrected chi connectivity index (χ2v) is 5.70. The smallest absolute Gasteiger partial charge is 0.0456 e. The summed E-state index contributed by atoms with van der Waals surface area (Å²) in [6.45, 7) is 7.85. The summed E-state index contributed by atoms with van der Waals surface area (Å²) in [5.41, 5.74) is 2.89. The van der Waals surface area contributed by atoms with E-state index >= 15 is 0 Å². The van der Waals surface area contributed by atoms with Gasteiger partial charge in [0.05, 0.1) is 0 Å². The Kier molecular flexibility index (Phi) is 3.25. The Morgan fingerprint density at radius 2 is 1.88 bits per heavy atom. The van der Waals surface area contributed by atoms with Crippen molar-refractivity contribution >= 4 is 10.9 Å². The zero-order chi connectivity index (χ0) is 12.5. The van der Waals surface area contributed by atoms with Crippen molar-refractivity contribution in [3.63, 3.8) is 0 Å². The number of likely N-dealkylation sites (N-methyl/N-ethyl adjacent to an activating group) is 1. The van der Waals surface area contributed by atoms with E-state index in [1.807, 2.05) is 0 Å². The van der Waals surface area contributed by atoms with E-state index in [-0.39, 0.29) is 5.54 Å². The summed E-state index contributed by atoms with van der Waals surface area (Å²) < 4.78 is 0. The van der Waals surface area contributed by atoms with Gasteiger partial charge in [-0.3, -0.25) is 0 Å². The van der Waals surface area contributed by atoms with Gasteiger partial charge in [-0.15, -0.1) is 0 Å². The maximum absolute atomic E-state index is 3.33. The van der Waals surface area contributed by atoms with Gasteiger partial charge in [0, 0.05) is 29.2 Å². The van der Waals surface area contributed by atoms with Crippen molar-refractivity contribution in [3.05, 3.63) is 36.0 Å². The number of fused-ring (bicyclic) bond motifs is 1. The molecule has 0 atom stereocenters. The fourth-order valence-electron chi connectivity index (χ4n) is 1.96. The molecule has 0 aliphatic heterocycles. The summed E-state index contributed by atoms with van der Waals surface area (Å²) in [5.74, 6) is 0. The highest BCUT2D eigenvalue weighted by molar-refractivity contribution is 5.83. The van der Waals surface area contributed by atoms with Crippen LogP contribution in [-0.4, -0.2) is 29.0 Å². The molecule has 17 heavy (non-hydrogen) atoms. The van der Waals surface area contributed by atoms with E-state index in [4.69, 9.17) is 0 Å². The van der Waals surface area contributed by atoms with E-state index in [1.54, 1.807) is 0 Å². The van der Waals surface area contributed by atoms with Crippen molar-refractivity contribution in [2.24, 2.45) is 0 Å². The SMILES string of the molecule is CN(CCc1c[nH]c2ccccc12)C(C)(C)C. The van der Waals surface area contributed by atoms with Crippen LogP contribution in [0.15, 0.2) is 30.5 Å². The number of para-hydroxylation sites is 1. The summed E-state index contributed by atoms with van der Waals surface area (Å²) in [7, 11) is 2.19. The first-order valence-corrected chi connectivity index (χ1v) is 6.25. The minimum atomic E-state index is 0.242. The van der Waals surface area contributed by atoms with Crippen LogP contribution in [0.3, 0.4) is 0 Å². The van der Waals surface area contributed by atoms with Gasteiger partial charge in [-0.05, 0) is 45.9 Å². The molecule has 92 valence electrons. The predicted molar refractivity (Wildman–Crippen MR) is 74.4 cm³/mol. The van der Waals surface area contributed by atoms with Crippen LogP contribution < -0.4 is 0 Å². The van der Waals surface area contributed by atoms with E-state index in [2.05, 4.69) is 68.2 Å². The number of aromatic amines is 1. The lowest BCUT2D eigenvalue weighted by atomic mass is 10.1. The van der Waals surface area contributed by atoms with Crippen LogP contribution in [0.4, 0.5) is 0 Å². The molecule has 0 saturated carbocycles. The summed E-state index contributed by atoms with van der Waals surface area (Å²) in [5, 5.41) is 1.36. The largest absolute Gasteiger partial charge is 0.361 e. The quantitative estimate of drug-likeness (QED) is 0.855. The number of benzene rings is 1. The zero-order valence-electron chi connectivity index (χ0n) is 11.2. The van der Waals surface area contributed by atoms with E-state index in [9.17, 15) is 0 Å². The molecule has 2 nitrogen and oxygen atoms in total. The maximum Gasteiger partial charge on any atom is 0.0456 e. The van der Waals surface area contributed by atoms with Crippen LogP contribution in [0.2, 0.25) is 0 Å². The standard InChI is InChI=1S/C15H22N2/c1-15(2,3)17(4)10-9-12-11-16-14-8-6-5-7-13(12)14/h5-8,11,16H,9-10H2,1-4H3. The third-order valence-electron chi connectivity index (χ3n) is 3.54. The van der Waals surface area contributed by atoms with Crippen molar-refractivity contribution in [2.75, 3.05) is 13.6 Å². The van der Waals surface area contributed by atoms with Crippen LogP contribution in [0, 0.1) is 0 Å². The number of rotatable bonds is 3. The molecule has 2 aromatic rings. The minimum absolute atomic E-state index is 0.242.